The molecule has 1 aromatic heterocycles. The molecule has 4 aliphatic rings. The number of benzene rings is 1. The van der Waals surface area contributed by atoms with Crippen LogP contribution < -0.4 is 0 Å². The highest BCUT2D eigenvalue weighted by Gasteiger charge is 2.60. The molecule has 7 nitrogen and oxygen atoms in total. The summed E-state index contributed by atoms with van der Waals surface area (Å²) in [7, 11) is 0. The average molecular weight is 584 g/mol. The van der Waals surface area contributed by atoms with E-state index in [0.717, 1.165) is 47.0 Å². The first-order valence-electron chi connectivity index (χ1n) is 13.5. The molecule has 202 valence electrons. The number of hydrogen-bond acceptors (Lipinski definition) is 6. The van der Waals surface area contributed by atoms with Crippen LogP contribution in [0.3, 0.4) is 0 Å². The van der Waals surface area contributed by atoms with Crippen LogP contribution in [0.2, 0.25) is 0 Å². The van der Waals surface area contributed by atoms with Crippen molar-refractivity contribution in [1.29, 1.82) is 0 Å². The van der Waals surface area contributed by atoms with Crippen molar-refractivity contribution in [3.05, 3.63) is 64.3 Å². The molecule has 4 fully saturated rings. The molecule has 2 aliphatic heterocycles. The number of fused-ring (bicyclic) bond motifs is 3. The first-order valence-corrected chi connectivity index (χ1v) is 14.3. The summed E-state index contributed by atoms with van der Waals surface area (Å²) in [6, 6.07) is 8.12. The number of esters is 1. The van der Waals surface area contributed by atoms with Crippen LogP contribution in [-0.2, 0) is 19.0 Å². The first kappa shape index (κ1) is 26.0. The van der Waals surface area contributed by atoms with Gasteiger partial charge in [0, 0.05) is 15.5 Å². The molecule has 2 saturated heterocycles. The maximum absolute atomic E-state index is 12.1. The van der Waals surface area contributed by atoms with Gasteiger partial charge >= 0.3 is 5.97 Å². The number of aliphatic hydroxyl groups excluding tert-OH is 1. The van der Waals surface area contributed by atoms with Gasteiger partial charge in [-0.2, -0.15) is 5.10 Å². The summed E-state index contributed by atoms with van der Waals surface area (Å²) in [6.45, 7) is 9.80. The van der Waals surface area contributed by atoms with Crippen molar-refractivity contribution >= 4 is 21.9 Å². The Labute approximate surface area is 231 Å². The van der Waals surface area contributed by atoms with Gasteiger partial charge in [0.2, 0.25) is 0 Å². The van der Waals surface area contributed by atoms with E-state index in [0.29, 0.717) is 24.5 Å². The number of nitrogens with one attached hydrogen (secondary N) is 1. The third kappa shape index (κ3) is 4.21. The molecule has 3 heterocycles. The number of carbonyl (C=O) groups excluding carboxylic acids is 1. The number of carbonyl (C=O) groups is 1. The zero-order valence-corrected chi connectivity index (χ0v) is 23.5. The van der Waals surface area contributed by atoms with Gasteiger partial charge in [0.05, 0.1) is 35.7 Å². The number of halogens is 1. The molecule has 0 amide bonds. The first-order chi connectivity index (χ1) is 18.2. The molecular weight excluding hydrogens is 548 g/mol. The monoisotopic (exact) mass is 582 g/mol. The number of aromatic amines is 1. The molecule has 38 heavy (non-hydrogen) atoms. The number of nitrogens with zero attached hydrogens (tertiary/aromatic N) is 1. The van der Waals surface area contributed by atoms with Crippen molar-refractivity contribution in [3.63, 3.8) is 0 Å². The van der Waals surface area contributed by atoms with Crippen molar-refractivity contribution < 1.29 is 24.1 Å². The minimum atomic E-state index is -0.835. The van der Waals surface area contributed by atoms with Gasteiger partial charge < -0.3 is 19.3 Å². The lowest BCUT2D eigenvalue weighted by Gasteiger charge is -2.62. The second-order valence-corrected chi connectivity index (χ2v) is 12.8. The molecule has 2 N–H and O–H groups in total. The third-order valence-electron chi connectivity index (χ3n) is 9.73. The minimum Gasteiger partial charge on any atom is -0.459 e. The molecular formula is C30H35BrN2O5. The van der Waals surface area contributed by atoms with E-state index < -0.39 is 18.4 Å². The molecule has 2 unspecified atom stereocenters. The molecule has 2 aliphatic carbocycles. The Balaban J connectivity index is 1.23. The molecule has 1 aromatic carbocycles. The number of rotatable bonds is 4. The fraction of sp³-hybridized carbons (Fsp3) is 0.533. The van der Waals surface area contributed by atoms with E-state index in [4.69, 9.17) is 14.2 Å². The van der Waals surface area contributed by atoms with Gasteiger partial charge in [0.25, 0.3) is 0 Å². The number of aliphatic hydroxyl groups is 1. The normalized spacial score (nSPS) is 38.1. The van der Waals surface area contributed by atoms with E-state index >= 15 is 0 Å². The fourth-order valence-corrected chi connectivity index (χ4v) is 8.11. The molecule has 0 radical (unpaired) electrons. The highest BCUT2D eigenvalue weighted by Crippen LogP contribution is 2.64. The molecule has 2 saturated carbocycles. The van der Waals surface area contributed by atoms with Gasteiger partial charge in [-0.15, -0.1) is 0 Å². The van der Waals surface area contributed by atoms with Crippen LogP contribution in [0.15, 0.2) is 58.7 Å². The maximum Gasteiger partial charge on any atom is 0.336 e. The molecule has 0 bridgehead atoms. The summed E-state index contributed by atoms with van der Waals surface area (Å²) in [5.74, 6) is 0.206. The summed E-state index contributed by atoms with van der Waals surface area (Å²) in [5, 5.41) is 17.6. The summed E-state index contributed by atoms with van der Waals surface area (Å²) < 4.78 is 19.3. The quantitative estimate of drug-likeness (QED) is 0.266. The van der Waals surface area contributed by atoms with Crippen LogP contribution in [0, 0.1) is 22.7 Å². The van der Waals surface area contributed by atoms with Crippen LogP contribution in [0.5, 0.6) is 0 Å². The van der Waals surface area contributed by atoms with E-state index in [1.54, 1.807) is 0 Å². The number of allylic oxidation sites excluding steroid dienone is 2. The topological polar surface area (TPSA) is 93.7 Å². The Morgan fingerprint density at radius 3 is 2.89 bits per heavy atom. The van der Waals surface area contributed by atoms with E-state index in [2.05, 4.69) is 58.7 Å². The summed E-state index contributed by atoms with van der Waals surface area (Å²) in [4.78, 5) is 12.1. The van der Waals surface area contributed by atoms with Crippen LogP contribution >= 0.6 is 15.9 Å². The van der Waals surface area contributed by atoms with E-state index in [1.165, 1.54) is 5.57 Å². The van der Waals surface area contributed by atoms with Crippen molar-refractivity contribution in [2.45, 2.75) is 64.4 Å². The standard InChI is InChI=1S/C30H35BrN2O5/c1-17-7-10-24-29(2,22(17)9-8-20-23(34)15-36-27(20)35)12-11-25-30(24,3)16-37-28(38-25)21-14-32-33-26(21)18-5-4-6-19(31)13-18/h4-6,8,13-14,22-25,28,34H,1,7,9-12,15-16H2,2-3H3,(H,32,33)/b20-8+/t22-,23?,24+,25-,28?,29+,30+/m1/s1. The highest BCUT2D eigenvalue weighted by molar-refractivity contribution is 9.10. The Hall–Kier alpha value is -2.26. The predicted molar refractivity (Wildman–Crippen MR) is 146 cm³/mol. The second-order valence-electron chi connectivity index (χ2n) is 11.8. The van der Waals surface area contributed by atoms with Crippen molar-refractivity contribution in [2.24, 2.45) is 22.7 Å². The molecule has 0 spiro atoms. The predicted octanol–water partition coefficient (Wildman–Crippen LogP) is 5.88. The van der Waals surface area contributed by atoms with Gasteiger partial charge in [0.1, 0.15) is 12.7 Å². The van der Waals surface area contributed by atoms with Crippen molar-refractivity contribution in [3.8, 4) is 11.3 Å². The van der Waals surface area contributed by atoms with Gasteiger partial charge in [-0.25, -0.2) is 4.79 Å². The van der Waals surface area contributed by atoms with E-state index in [9.17, 15) is 9.90 Å². The number of aromatic nitrogens is 2. The smallest absolute Gasteiger partial charge is 0.336 e. The van der Waals surface area contributed by atoms with E-state index in [1.807, 2.05) is 24.4 Å². The van der Waals surface area contributed by atoms with Crippen LogP contribution in [-0.4, -0.2) is 46.7 Å². The Kier molecular flexibility index (Phi) is 6.66. The summed E-state index contributed by atoms with van der Waals surface area (Å²) in [6.07, 6.45) is 7.08. The minimum absolute atomic E-state index is 0.00176. The zero-order chi connectivity index (χ0) is 26.7. The lowest BCUT2D eigenvalue weighted by atomic mass is 9.46. The largest absolute Gasteiger partial charge is 0.459 e. The summed E-state index contributed by atoms with van der Waals surface area (Å²) in [5.41, 5.74) is 4.34. The fourth-order valence-electron chi connectivity index (χ4n) is 7.71. The van der Waals surface area contributed by atoms with Gasteiger partial charge in [0.15, 0.2) is 6.29 Å². The second kappa shape index (κ2) is 9.73. The Bertz CT molecular complexity index is 1290. The highest BCUT2D eigenvalue weighted by atomic mass is 79.9. The van der Waals surface area contributed by atoms with Crippen LogP contribution in [0.4, 0.5) is 0 Å². The van der Waals surface area contributed by atoms with Crippen molar-refractivity contribution in [1.82, 2.24) is 10.2 Å². The third-order valence-corrected chi connectivity index (χ3v) is 10.2. The SMILES string of the molecule is C=C1CC[C@@H]2[C@]3(C)COC(c4cn[nH]c4-c4cccc(Br)c4)O[C@@H]3CC[C@@]2(C)[C@@H]1C/C=C1/C(=O)OCC1O. The number of cyclic esters (lactones) is 1. The van der Waals surface area contributed by atoms with Crippen molar-refractivity contribution in [2.75, 3.05) is 13.2 Å². The molecule has 8 heteroatoms. The number of hydrogen-bond donors (Lipinski definition) is 2. The Morgan fingerprint density at radius 2 is 2.13 bits per heavy atom. The van der Waals surface area contributed by atoms with Gasteiger partial charge in [-0.05, 0) is 61.5 Å². The molecule has 6 rings (SSSR count). The van der Waals surface area contributed by atoms with Gasteiger partial charge in [-0.1, -0.05) is 60.1 Å². The zero-order valence-electron chi connectivity index (χ0n) is 21.9. The average Bonchev–Trinajstić information content (AvgIpc) is 3.50. The van der Waals surface area contributed by atoms with Crippen LogP contribution in [0.25, 0.3) is 11.3 Å². The molecule has 7 atom stereocenters. The number of ether oxygens (including phenoxy) is 3. The number of H-pyrrole nitrogens is 1. The Morgan fingerprint density at radius 1 is 1.29 bits per heavy atom. The summed E-state index contributed by atoms with van der Waals surface area (Å²) >= 11 is 3.56. The van der Waals surface area contributed by atoms with Gasteiger partial charge in [-0.3, -0.25) is 5.10 Å². The lowest BCUT2D eigenvalue weighted by molar-refractivity contribution is -0.307. The lowest BCUT2D eigenvalue weighted by Crippen LogP contribution is -2.60. The van der Waals surface area contributed by atoms with E-state index in [-0.39, 0.29) is 29.5 Å². The molecule has 2 aromatic rings. The maximum atomic E-state index is 12.1. The van der Waals surface area contributed by atoms with Crippen LogP contribution in [0.1, 0.15) is 57.8 Å².